The van der Waals surface area contributed by atoms with Crippen LogP contribution in [-0.4, -0.2) is 29.8 Å². The third kappa shape index (κ3) is 3.12. The number of pyridine rings is 1. The maximum atomic E-state index is 12.4. The van der Waals surface area contributed by atoms with Gasteiger partial charge in [0, 0.05) is 26.0 Å². The van der Waals surface area contributed by atoms with Crippen LogP contribution in [0.5, 0.6) is 0 Å². The number of ketones is 1. The highest BCUT2D eigenvalue weighted by Gasteiger charge is 2.21. The number of allylic oxidation sites excluding steroid dienone is 1. The molecular weight excluding hydrogens is 262 g/mol. The zero-order valence-electron chi connectivity index (χ0n) is 11.7. The Morgan fingerprint density at radius 3 is 2.37 bits per heavy atom. The van der Waals surface area contributed by atoms with Crippen molar-refractivity contribution < 1.29 is 4.79 Å². The van der Waals surface area contributed by atoms with E-state index in [-0.39, 0.29) is 10.7 Å². The molecule has 1 rings (SSSR count). The number of nitriles is 1. The molecule has 1 aromatic rings. The number of halogens is 1. The fourth-order valence-electron chi connectivity index (χ4n) is 1.70. The Kier molecular flexibility index (Phi) is 4.68. The second-order valence-corrected chi connectivity index (χ2v) is 4.92. The van der Waals surface area contributed by atoms with Crippen LogP contribution < -0.4 is 0 Å². The number of carbonyl (C=O) groups is 1. The van der Waals surface area contributed by atoms with Crippen molar-refractivity contribution in [3.8, 4) is 6.07 Å². The molecule has 19 heavy (non-hydrogen) atoms. The zero-order valence-corrected chi connectivity index (χ0v) is 12.5. The molecule has 0 fully saturated rings. The zero-order chi connectivity index (χ0) is 14.7. The van der Waals surface area contributed by atoms with Gasteiger partial charge in [0.15, 0.2) is 0 Å². The van der Waals surface area contributed by atoms with Crippen molar-refractivity contribution in [2.75, 3.05) is 14.1 Å². The number of aryl methyl sites for hydroxylation is 1. The second kappa shape index (κ2) is 5.85. The molecule has 0 unspecified atom stereocenters. The first-order valence-electron chi connectivity index (χ1n) is 5.76. The topological polar surface area (TPSA) is 57.0 Å². The first-order valence-corrected chi connectivity index (χ1v) is 6.13. The molecule has 1 aromatic heterocycles. The minimum absolute atomic E-state index is 0.0417. The first-order chi connectivity index (χ1) is 8.79. The van der Waals surface area contributed by atoms with Gasteiger partial charge in [-0.15, -0.1) is 0 Å². The molecule has 0 bridgehead atoms. The van der Waals surface area contributed by atoms with Crippen LogP contribution in [0.3, 0.4) is 0 Å². The third-order valence-electron chi connectivity index (χ3n) is 2.93. The Bertz CT molecular complexity index is 598. The molecule has 0 spiro atoms. The van der Waals surface area contributed by atoms with Gasteiger partial charge < -0.3 is 4.90 Å². The summed E-state index contributed by atoms with van der Waals surface area (Å²) in [7, 11) is 3.50. The van der Waals surface area contributed by atoms with E-state index in [1.807, 2.05) is 26.8 Å². The van der Waals surface area contributed by atoms with E-state index in [1.54, 1.807) is 19.0 Å². The summed E-state index contributed by atoms with van der Waals surface area (Å²) < 4.78 is 0. The van der Waals surface area contributed by atoms with E-state index in [4.69, 9.17) is 16.9 Å². The number of nitrogens with zero attached hydrogens (tertiary/aromatic N) is 3. The van der Waals surface area contributed by atoms with Gasteiger partial charge in [-0.3, -0.25) is 4.79 Å². The van der Waals surface area contributed by atoms with Crippen molar-refractivity contribution in [2.24, 2.45) is 0 Å². The average Bonchev–Trinajstić information content (AvgIpc) is 2.32. The fraction of sp³-hybridized carbons (Fsp3) is 0.357. The monoisotopic (exact) mass is 277 g/mol. The summed E-state index contributed by atoms with van der Waals surface area (Å²) in [4.78, 5) is 18.2. The molecule has 4 nitrogen and oxygen atoms in total. The number of hydrogen-bond acceptors (Lipinski definition) is 4. The van der Waals surface area contributed by atoms with E-state index in [1.165, 1.54) is 6.20 Å². The van der Waals surface area contributed by atoms with Crippen molar-refractivity contribution in [1.82, 2.24) is 9.88 Å². The lowest BCUT2D eigenvalue weighted by molar-refractivity contribution is 0.103. The third-order valence-corrected chi connectivity index (χ3v) is 3.21. The maximum Gasteiger partial charge on any atom is 0.208 e. The van der Waals surface area contributed by atoms with Crippen molar-refractivity contribution in [3.63, 3.8) is 0 Å². The predicted molar refractivity (Wildman–Crippen MR) is 75.2 cm³/mol. The Hall–Kier alpha value is -1.86. The van der Waals surface area contributed by atoms with E-state index in [9.17, 15) is 4.79 Å². The van der Waals surface area contributed by atoms with Crippen LogP contribution in [0, 0.1) is 32.1 Å². The first kappa shape index (κ1) is 15.2. The number of hydrogen-bond donors (Lipinski definition) is 0. The molecule has 5 heteroatoms. The van der Waals surface area contributed by atoms with Gasteiger partial charge in [-0.1, -0.05) is 11.6 Å². The summed E-state index contributed by atoms with van der Waals surface area (Å²) in [5.74, 6) is -0.394. The summed E-state index contributed by atoms with van der Waals surface area (Å²) in [6.07, 6.45) is 1.48. The Morgan fingerprint density at radius 2 is 1.89 bits per heavy atom. The minimum Gasteiger partial charge on any atom is -0.382 e. The van der Waals surface area contributed by atoms with Gasteiger partial charge >= 0.3 is 0 Å². The minimum atomic E-state index is -0.394. The second-order valence-electron chi connectivity index (χ2n) is 4.56. The standard InChI is InChI=1S/C14H16ClN3O/c1-8-9(2)12(14(15)17-10(8)3)13(19)11(6-16)7-18(4)5/h7H,1-5H3/b11-7+. The molecule has 0 amide bonds. The number of Topliss-reactive ketones (excluding diaryl/α,β-unsaturated/α-hetero) is 1. The SMILES string of the molecule is Cc1nc(Cl)c(C(=O)/C(C#N)=C/N(C)C)c(C)c1C. The molecule has 0 aliphatic rings. The molecule has 0 atom stereocenters. The van der Waals surface area contributed by atoms with Gasteiger partial charge in [0.05, 0.1) is 5.56 Å². The molecule has 0 aromatic carbocycles. The molecule has 0 radical (unpaired) electrons. The van der Waals surface area contributed by atoms with Gasteiger partial charge in [0.25, 0.3) is 0 Å². The summed E-state index contributed by atoms with van der Waals surface area (Å²) in [5.41, 5.74) is 2.81. The molecule has 0 saturated heterocycles. The number of rotatable bonds is 3. The normalized spacial score (nSPS) is 11.1. The van der Waals surface area contributed by atoms with E-state index >= 15 is 0 Å². The summed E-state index contributed by atoms with van der Waals surface area (Å²) in [6, 6.07) is 1.90. The molecule has 100 valence electrons. The Balaban J connectivity index is 3.44. The Morgan fingerprint density at radius 1 is 1.32 bits per heavy atom. The van der Waals surface area contributed by atoms with Gasteiger partial charge in [-0.05, 0) is 31.9 Å². The van der Waals surface area contributed by atoms with E-state index in [0.717, 1.165) is 16.8 Å². The lowest BCUT2D eigenvalue weighted by atomic mass is 9.98. The van der Waals surface area contributed by atoms with E-state index in [0.29, 0.717) is 5.56 Å². The highest BCUT2D eigenvalue weighted by molar-refractivity contribution is 6.34. The number of carbonyl (C=O) groups excluding carboxylic acids is 1. The highest BCUT2D eigenvalue weighted by Crippen LogP contribution is 2.25. The predicted octanol–water partition coefficient (Wildman–Crippen LogP) is 2.81. The molecule has 0 aliphatic carbocycles. The smallest absolute Gasteiger partial charge is 0.208 e. The Labute approximate surface area is 118 Å². The van der Waals surface area contributed by atoms with Gasteiger partial charge in [-0.25, -0.2) is 4.98 Å². The molecule has 1 heterocycles. The molecule has 0 aliphatic heterocycles. The summed E-state index contributed by atoms with van der Waals surface area (Å²) in [5, 5.41) is 9.23. The highest BCUT2D eigenvalue weighted by atomic mass is 35.5. The lowest BCUT2D eigenvalue weighted by Crippen LogP contribution is -2.12. The van der Waals surface area contributed by atoms with E-state index < -0.39 is 5.78 Å². The largest absolute Gasteiger partial charge is 0.382 e. The van der Waals surface area contributed by atoms with Crippen LogP contribution in [0.4, 0.5) is 0 Å². The van der Waals surface area contributed by atoms with Gasteiger partial charge in [0.2, 0.25) is 5.78 Å². The van der Waals surface area contributed by atoms with Crippen molar-refractivity contribution >= 4 is 17.4 Å². The average molecular weight is 278 g/mol. The van der Waals surface area contributed by atoms with Crippen LogP contribution in [0.25, 0.3) is 0 Å². The van der Waals surface area contributed by atoms with Crippen molar-refractivity contribution in [3.05, 3.63) is 39.3 Å². The van der Waals surface area contributed by atoms with Gasteiger partial charge in [0.1, 0.15) is 16.8 Å². The number of aromatic nitrogens is 1. The maximum absolute atomic E-state index is 12.4. The summed E-state index contributed by atoms with van der Waals surface area (Å²) in [6.45, 7) is 5.53. The van der Waals surface area contributed by atoms with Crippen LogP contribution in [0.15, 0.2) is 11.8 Å². The summed E-state index contributed by atoms with van der Waals surface area (Å²) >= 11 is 6.06. The molecule has 0 N–H and O–H groups in total. The van der Waals surface area contributed by atoms with Crippen LogP contribution >= 0.6 is 11.6 Å². The van der Waals surface area contributed by atoms with Crippen molar-refractivity contribution in [2.45, 2.75) is 20.8 Å². The van der Waals surface area contributed by atoms with Crippen LogP contribution in [0.1, 0.15) is 27.2 Å². The van der Waals surface area contributed by atoms with E-state index in [2.05, 4.69) is 4.98 Å². The van der Waals surface area contributed by atoms with Gasteiger partial charge in [-0.2, -0.15) is 5.26 Å². The van der Waals surface area contributed by atoms with Crippen LogP contribution in [0.2, 0.25) is 5.15 Å². The fourth-order valence-corrected chi connectivity index (χ4v) is 2.05. The lowest BCUT2D eigenvalue weighted by Gasteiger charge is -2.12. The quantitative estimate of drug-likeness (QED) is 0.369. The van der Waals surface area contributed by atoms with Crippen molar-refractivity contribution in [1.29, 1.82) is 5.26 Å². The van der Waals surface area contributed by atoms with Crippen LogP contribution in [-0.2, 0) is 0 Å². The molecular formula is C14H16ClN3O. The molecule has 0 saturated carbocycles.